The molecule has 1 fully saturated rings. The van der Waals surface area contributed by atoms with E-state index < -0.39 is 11.1 Å². The van der Waals surface area contributed by atoms with Gasteiger partial charge < -0.3 is 9.30 Å². The van der Waals surface area contributed by atoms with Crippen molar-refractivity contribution in [1.29, 1.82) is 0 Å². The van der Waals surface area contributed by atoms with Gasteiger partial charge in [0.2, 0.25) is 0 Å². The highest BCUT2D eigenvalue weighted by atomic mass is 35.5. The first kappa shape index (κ1) is 24.3. The molecule has 0 radical (unpaired) electrons. The van der Waals surface area contributed by atoms with Crippen LogP contribution >= 0.6 is 11.6 Å². The molecular weight excluding hydrogens is 478 g/mol. The van der Waals surface area contributed by atoms with Crippen LogP contribution in [0.1, 0.15) is 40.2 Å². The van der Waals surface area contributed by atoms with E-state index in [2.05, 4.69) is 4.57 Å². The second-order valence-electron chi connectivity index (χ2n) is 9.35. The Labute approximate surface area is 213 Å². The van der Waals surface area contributed by atoms with Crippen LogP contribution in [0.5, 0.6) is 0 Å². The van der Waals surface area contributed by atoms with Crippen molar-refractivity contribution in [2.75, 3.05) is 6.61 Å². The fraction of sp³-hybridized carbons (Fsp3) is 0.321. The molecule has 1 atom stereocenters. The Morgan fingerprint density at radius 1 is 0.972 bits per heavy atom. The number of ether oxygens (including phenoxy) is 1. The van der Waals surface area contributed by atoms with Crippen LogP contribution in [-0.4, -0.2) is 32.2 Å². The van der Waals surface area contributed by atoms with E-state index in [0.29, 0.717) is 28.2 Å². The summed E-state index contributed by atoms with van der Waals surface area (Å²) in [5.41, 5.74) is 2.80. The van der Waals surface area contributed by atoms with E-state index in [1.807, 2.05) is 50.2 Å². The van der Waals surface area contributed by atoms with Crippen molar-refractivity contribution in [3.05, 3.63) is 103 Å². The number of hydrogen-bond acceptors (Lipinski definition) is 4. The smallest absolute Gasteiger partial charge is 0.317 e. The summed E-state index contributed by atoms with van der Waals surface area (Å²) in [4.78, 5) is 39.9. The van der Waals surface area contributed by atoms with Crippen molar-refractivity contribution in [3.8, 4) is 0 Å². The van der Waals surface area contributed by atoms with Gasteiger partial charge in [-0.15, -0.1) is 0 Å². The Kier molecular flexibility index (Phi) is 6.69. The van der Waals surface area contributed by atoms with Gasteiger partial charge in [-0.2, -0.15) is 0 Å². The van der Waals surface area contributed by atoms with Gasteiger partial charge in [0.05, 0.1) is 30.2 Å². The lowest BCUT2D eigenvalue weighted by Crippen LogP contribution is -2.42. The van der Waals surface area contributed by atoms with Gasteiger partial charge >= 0.3 is 11.1 Å². The molecule has 7 nitrogen and oxygen atoms in total. The fourth-order valence-electron chi connectivity index (χ4n) is 5.06. The van der Waals surface area contributed by atoms with E-state index in [1.54, 1.807) is 18.2 Å². The molecule has 0 saturated carbocycles. The molecule has 2 aromatic heterocycles. The molecule has 8 heteroatoms. The van der Waals surface area contributed by atoms with Crippen LogP contribution in [0.25, 0.3) is 11.0 Å². The molecule has 0 bridgehead atoms. The van der Waals surface area contributed by atoms with Crippen molar-refractivity contribution in [2.24, 2.45) is 0 Å². The normalized spacial score (nSPS) is 15.6. The van der Waals surface area contributed by atoms with E-state index in [1.165, 1.54) is 9.13 Å². The topological polar surface area (TPSA) is 75.2 Å². The van der Waals surface area contributed by atoms with E-state index in [9.17, 15) is 14.4 Å². The predicted molar refractivity (Wildman–Crippen MR) is 140 cm³/mol. The molecule has 0 N–H and O–H groups in total. The van der Waals surface area contributed by atoms with Gasteiger partial charge in [0, 0.05) is 35.1 Å². The monoisotopic (exact) mass is 505 g/mol. The summed E-state index contributed by atoms with van der Waals surface area (Å²) in [5, 5.41) is 0.419. The molecule has 5 rings (SSSR count). The van der Waals surface area contributed by atoms with Gasteiger partial charge in [0.15, 0.2) is 5.78 Å². The number of hydrogen-bond donors (Lipinski definition) is 0. The third-order valence-corrected chi connectivity index (χ3v) is 7.20. The number of Topliss-reactive ketones (excluding diaryl/α,β-unsaturated/α-hetero) is 1. The highest BCUT2D eigenvalue weighted by molar-refractivity contribution is 6.31. The zero-order valence-corrected chi connectivity index (χ0v) is 21.1. The molecule has 2 aromatic carbocycles. The van der Waals surface area contributed by atoms with Crippen LogP contribution in [0, 0.1) is 13.8 Å². The zero-order chi connectivity index (χ0) is 25.4. The van der Waals surface area contributed by atoms with Gasteiger partial charge in [-0.1, -0.05) is 41.9 Å². The molecule has 1 aliphatic heterocycles. The maximum atomic E-state index is 13.5. The molecular formula is C28H28ClN3O4. The first-order valence-electron chi connectivity index (χ1n) is 12.1. The highest BCUT2D eigenvalue weighted by Crippen LogP contribution is 2.22. The SMILES string of the molecule is Cc1cc(C(=O)Cn2c(=O)c(=O)n(Cc3ccccc3)c3ccc(Cl)cc32)c(C)n1C[C@H]1CCCO1. The molecule has 4 aromatic rings. The summed E-state index contributed by atoms with van der Waals surface area (Å²) >= 11 is 6.28. The first-order chi connectivity index (χ1) is 17.3. The van der Waals surface area contributed by atoms with Gasteiger partial charge in [0.25, 0.3) is 0 Å². The number of aromatic nitrogens is 3. The molecule has 0 amide bonds. The molecule has 36 heavy (non-hydrogen) atoms. The van der Waals surface area contributed by atoms with Crippen LogP contribution in [0.15, 0.2) is 64.2 Å². The lowest BCUT2D eigenvalue weighted by Gasteiger charge is -2.16. The number of aryl methyl sites for hydroxylation is 1. The van der Waals surface area contributed by atoms with Crippen LogP contribution < -0.4 is 11.1 Å². The molecule has 3 heterocycles. The molecule has 1 saturated heterocycles. The predicted octanol–water partition coefficient (Wildman–Crippen LogP) is 4.35. The minimum Gasteiger partial charge on any atom is -0.376 e. The average Bonchev–Trinajstić information content (AvgIpc) is 3.49. The second-order valence-corrected chi connectivity index (χ2v) is 9.79. The Morgan fingerprint density at radius 3 is 2.44 bits per heavy atom. The summed E-state index contributed by atoms with van der Waals surface area (Å²) in [6.45, 7) is 5.33. The Hall–Kier alpha value is -3.42. The second kappa shape index (κ2) is 9.91. The molecule has 186 valence electrons. The molecule has 0 aliphatic carbocycles. The lowest BCUT2D eigenvalue weighted by molar-refractivity contribution is 0.0948. The van der Waals surface area contributed by atoms with Gasteiger partial charge in [-0.05, 0) is 56.5 Å². The maximum Gasteiger partial charge on any atom is 0.317 e. The van der Waals surface area contributed by atoms with Crippen LogP contribution in [0.4, 0.5) is 0 Å². The van der Waals surface area contributed by atoms with E-state index in [4.69, 9.17) is 16.3 Å². The van der Waals surface area contributed by atoms with E-state index in [-0.39, 0.29) is 25.0 Å². The summed E-state index contributed by atoms with van der Waals surface area (Å²) in [6, 6.07) is 16.3. The summed E-state index contributed by atoms with van der Waals surface area (Å²) in [7, 11) is 0. The number of fused-ring (bicyclic) bond motifs is 1. The summed E-state index contributed by atoms with van der Waals surface area (Å²) in [5.74, 6) is -0.231. The van der Waals surface area contributed by atoms with Crippen LogP contribution in [0.2, 0.25) is 5.02 Å². The highest BCUT2D eigenvalue weighted by Gasteiger charge is 2.23. The Balaban J connectivity index is 1.54. The van der Waals surface area contributed by atoms with Crippen molar-refractivity contribution in [1.82, 2.24) is 13.7 Å². The maximum absolute atomic E-state index is 13.5. The number of carbonyl (C=O) groups excluding carboxylic acids is 1. The largest absolute Gasteiger partial charge is 0.376 e. The number of benzene rings is 2. The third kappa shape index (κ3) is 4.56. The van der Waals surface area contributed by atoms with Crippen molar-refractivity contribution in [2.45, 2.75) is 52.4 Å². The number of ketones is 1. The fourth-order valence-corrected chi connectivity index (χ4v) is 5.22. The average molecular weight is 506 g/mol. The van der Waals surface area contributed by atoms with Gasteiger partial charge in [0.1, 0.15) is 0 Å². The number of carbonyl (C=O) groups is 1. The number of nitrogens with zero attached hydrogens (tertiary/aromatic N) is 3. The Morgan fingerprint density at radius 2 is 1.72 bits per heavy atom. The quantitative estimate of drug-likeness (QED) is 0.276. The summed E-state index contributed by atoms with van der Waals surface area (Å²) < 4.78 is 10.6. The van der Waals surface area contributed by atoms with Crippen LogP contribution in [0.3, 0.4) is 0 Å². The van der Waals surface area contributed by atoms with Gasteiger partial charge in [-0.3, -0.25) is 23.5 Å². The molecule has 0 unspecified atom stereocenters. The van der Waals surface area contributed by atoms with E-state index in [0.717, 1.165) is 36.4 Å². The molecule has 0 spiro atoms. The third-order valence-electron chi connectivity index (χ3n) is 6.96. The minimum atomic E-state index is -0.748. The zero-order valence-electron chi connectivity index (χ0n) is 20.4. The van der Waals surface area contributed by atoms with Gasteiger partial charge in [-0.25, -0.2) is 0 Å². The van der Waals surface area contributed by atoms with Crippen molar-refractivity contribution in [3.63, 3.8) is 0 Å². The van der Waals surface area contributed by atoms with Crippen molar-refractivity contribution >= 4 is 28.4 Å². The molecule has 1 aliphatic rings. The number of rotatable bonds is 7. The standard InChI is InChI=1S/C28H28ClN3O4/c1-18-13-23(19(2)30(18)16-22-9-6-12-36-22)26(33)17-32-25-14-21(29)10-11-24(25)31(27(34)28(32)35)15-20-7-4-3-5-8-20/h3-5,7-8,10-11,13-14,22H,6,9,12,15-17H2,1-2H3/t22-/m1/s1. The first-order valence-corrected chi connectivity index (χ1v) is 12.5. The minimum absolute atomic E-state index is 0.142. The van der Waals surface area contributed by atoms with Crippen LogP contribution in [-0.2, 0) is 24.4 Å². The van der Waals surface area contributed by atoms with E-state index >= 15 is 0 Å². The number of halogens is 1. The lowest BCUT2D eigenvalue weighted by atomic mass is 10.1. The summed E-state index contributed by atoms with van der Waals surface area (Å²) in [6.07, 6.45) is 2.19. The Bertz CT molecular complexity index is 1560. The van der Waals surface area contributed by atoms with Crippen molar-refractivity contribution < 1.29 is 9.53 Å².